The predicted molar refractivity (Wildman–Crippen MR) is 74.4 cm³/mol. The molecule has 0 bridgehead atoms. The van der Waals surface area contributed by atoms with E-state index in [1.165, 1.54) is 6.07 Å². The van der Waals surface area contributed by atoms with Crippen LogP contribution in [0.5, 0.6) is 0 Å². The molecule has 1 aromatic heterocycles. The third kappa shape index (κ3) is 3.54. The summed E-state index contributed by atoms with van der Waals surface area (Å²) >= 11 is 0. The molecule has 1 heterocycles. The molecule has 0 spiro atoms. The first-order chi connectivity index (χ1) is 8.46. The maximum absolute atomic E-state index is 12.1. The smallest absolute Gasteiger partial charge is 0.299 e. The third-order valence-electron chi connectivity index (χ3n) is 2.88. The minimum absolute atomic E-state index is 0.00402. The molecule has 0 saturated carbocycles. The first-order valence-electron chi connectivity index (χ1n) is 5.71. The van der Waals surface area contributed by atoms with Crippen LogP contribution in [0.3, 0.4) is 0 Å². The zero-order valence-electron chi connectivity index (χ0n) is 10.3. The van der Waals surface area contributed by atoms with E-state index in [0.29, 0.717) is 6.29 Å². The van der Waals surface area contributed by atoms with Crippen molar-refractivity contribution in [2.75, 3.05) is 0 Å². The summed E-state index contributed by atoms with van der Waals surface area (Å²) in [5.41, 5.74) is 0. The van der Waals surface area contributed by atoms with Crippen LogP contribution in [0.4, 0.5) is 0 Å². The molecule has 4 nitrogen and oxygen atoms in total. The molecule has 1 N–H and O–H groups in total. The van der Waals surface area contributed by atoms with Gasteiger partial charge in [0.05, 0.1) is 6.04 Å². The number of hydrogen-bond donors (Lipinski definition) is 1. The van der Waals surface area contributed by atoms with Crippen molar-refractivity contribution in [2.45, 2.75) is 36.9 Å². The van der Waals surface area contributed by atoms with E-state index in [1.807, 2.05) is 13.8 Å². The molecular formula is C11H17ClNO3S2+. The van der Waals surface area contributed by atoms with Crippen LogP contribution in [0.2, 0.25) is 0 Å². The maximum atomic E-state index is 12.1. The number of hydrogen-bond acceptors (Lipinski definition) is 3. The first kappa shape index (κ1) is 15.6. The molecule has 0 radical (unpaired) electrons. The largest absolute Gasteiger partial charge is 0.302 e. The Balaban J connectivity index is 2.95. The fraction of sp³-hybridized carbons (Fsp3) is 0.545. The number of rotatable bonds is 7. The topological polar surface area (TPSA) is 63.2 Å². The van der Waals surface area contributed by atoms with E-state index in [0.717, 1.165) is 12.8 Å². The Morgan fingerprint density at radius 1 is 1.44 bits per heavy atom. The van der Waals surface area contributed by atoms with Gasteiger partial charge in [-0.3, -0.25) is 0 Å². The molecule has 0 aliphatic heterocycles. The summed E-state index contributed by atoms with van der Waals surface area (Å²) in [5.74, 6) is 0.00402. The molecule has 0 fully saturated rings. The molecule has 102 valence electrons. The zero-order chi connectivity index (χ0) is 13.8. The minimum Gasteiger partial charge on any atom is -0.302 e. The van der Waals surface area contributed by atoms with Crippen molar-refractivity contribution in [3.8, 4) is 0 Å². The quantitative estimate of drug-likeness (QED) is 0.622. The number of sulfonamides is 1. The molecule has 1 aromatic rings. The second-order valence-corrected chi connectivity index (χ2v) is 8.18. The molecule has 18 heavy (non-hydrogen) atoms. The normalized spacial score (nSPS) is 14.8. The molecule has 0 aliphatic rings. The van der Waals surface area contributed by atoms with E-state index in [9.17, 15) is 13.2 Å². The predicted octanol–water partition coefficient (Wildman–Crippen LogP) is 2.72. The number of carbonyl (C=O) groups is 1. The lowest BCUT2D eigenvalue weighted by molar-refractivity contribution is -0.110. The summed E-state index contributed by atoms with van der Waals surface area (Å²) in [5, 5.41) is 1.61. The van der Waals surface area contributed by atoms with Crippen molar-refractivity contribution in [1.82, 2.24) is 4.72 Å². The lowest BCUT2D eigenvalue weighted by Gasteiger charge is -2.19. The Morgan fingerprint density at radius 2 is 2.06 bits per heavy atom. The van der Waals surface area contributed by atoms with Gasteiger partial charge in [0.15, 0.2) is 5.38 Å². The Hall–Kier alpha value is -0.430. The van der Waals surface area contributed by atoms with Crippen LogP contribution >= 0.6 is 20.4 Å². The van der Waals surface area contributed by atoms with Crippen LogP contribution in [0.25, 0.3) is 0 Å². The van der Waals surface area contributed by atoms with Gasteiger partial charge in [0, 0.05) is 6.07 Å². The third-order valence-corrected chi connectivity index (χ3v) is 7.33. The highest BCUT2D eigenvalue weighted by Crippen LogP contribution is 2.32. The molecule has 7 heteroatoms. The second kappa shape index (κ2) is 6.65. The van der Waals surface area contributed by atoms with Gasteiger partial charge in [0.25, 0.3) is 14.2 Å². The van der Waals surface area contributed by atoms with Crippen molar-refractivity contribution in [2.24, 2.45) is 5.92 Å². The first-order valence-corrected chi connectivity index (χ1v) is 9.31. The number of thiophene rings is 1. The lowest BCUT2D eigenvalue weighted by Crippen LogP contribution is -2.41. The summed E-state index contributed by atoms with van der Waals surface area (Å²) in [6.45, 7) is 3.86. The van der Waals surface area contributed by atoms with Gasteiger partial charge in [-0.15, -0.1) is 0 Å². The van der Waals surface area contributed by atoms with Gasteiger partial charge in [-0.1, -0.05) is 26.7 Å². The number of aldehydes is 1. The minimum atomic E-state index is -3.69. The summed E-state index contributed by atoms with van der Waals surface area (Å²) in [4.78, 5) is 11.0. The van der Waals surface area contributed by atoms with Crippen LogP contribution < -0.4 is 4.72 Å². The molecular weight excluding hydrogens is 294 g/mol. The molecule has 2 atom stereocenters. The van der Waals surface area contributed by atoms with Crippen LogP contribution in [0.1, 0.15) is 26.7 Å². The molecule has 1 unspecified atom stereocenters. The summed E-state index contributed by atoms with van der Waals surface area (Å²) in [6, 6.07) is 2.38. The Labute approximate surface area is 115 Å². The van der Waals surface area contributed by atoms with Gasteiger partial charge in [-0.05, 0) is 12.0 Å². The van der Waals surface area contributed by atoms with Crippen molar-refractivity contribution < 1.29 is 13.2 Å². The summed E-state index contributed by atoms with van der Waals surface area (Å²) < 4.78 is 26.7. The van der Waals surface area contributed by atoms with Crippen molar-refractivity contribution in [3.63, 3.8) is 0 Å². The molecule has 0 aromatic carbocycles. The summed E-state index contributed by atoms with van der Waals surface area (Å²) in [6.07, 6.45) is 2.14. The second-order valence-electron chi connectivity index (χ2n) is 3.96. The maximum Gasteiger partial charge on any atom is 0.299 e. The molecule has 0 aliphatic carbocycles. The number of carbonyl (C=O) groups excluding carboxylic acids is 1. The van der Waals surface area contributed by atoms with Crippen molar-refractivity contribution in [1.29, 1.82) is 0 Å². The average Bonchev–Trinajstić information content (AvgIpc) is 2.76. The Kier molecular flexibility index (Phi) is 5.78. The monoisotopic (exact) mass is 310 g/mol. The van der Waals surface area contributed by atoms with E-state index in [2.05, 4.69) is 4.72 Å². The van der Waals surface area contributed by atoms with E-state index in [-0.39, 0.29) is 10.1 Å². The van der Waals surface area contributed by atoms with Gasteiger partial charge in [-0.2, -0.15) is 4.72 Å². The van der Waals surface area contributed by atoms with Crippen LogP contribution in [0.15, 0.2) is 21.7 Å². The zero-order valence-corrected chi connectivity index (χ0v) is 12.7. The van der Waals surface area contributed by atoms with E-state index < -0.39 is 25.7 Å². The SMILES string of the molecule is CCC(CC)[C@@H](C=O)NS(=O)(=O)c1ccc[s+]1Cl. The summed E-state index contributed by atoms with van der Waals surface area (Å²) in [7, 11) is 1.28. The van der Waals surface area contributed by atoms with Gasteiger partial charge < -0.3 is 4.79 Å². The van der Waals surface area contributed by atoms with Crippen molar-refractivity contribution >= 4 is 36.7 Å². The van der Waals surface area contributed by atoms with Gasteiger partial charge in [-0.25, -0.2) is 8.42 Å². The highest BCUT2D eigenvalue weighted by molar-refractivity contribution is 7.94. The van der Waals surface area contributed by atoms with Crippen LogP contribution in [-0.4, -0.2) is 20.7 Å². The van der Waals surface area contributed by atoms with Gasteiger partial charge >= 0.3 is 0 Å². The van der Waals surface area contributed by atoms with Crippen molar-refractivity contribution in [3.05, 3.63) is 17.5 Å². The molecule has 1 rings (SSSR count). The lowest BCUT2D eigenvalue weighted by atomic mass is 9.96. The fourth-order valence-electron chi connectivity index (χ4n) is 1.78. The van der Waals surface area contributed by atoms with Crippen LogP contribution in [-0.2, 0) is 14.8 Å². The Bertz CT molecular complexity index is 494. The number of halogens is 1. The van der Waals surface area contributed by atoms with E-state index >= 15 is 0 Å². The Morgan fingerprint density at radius 3 is 2.44 bits per heavy atom. The standard InChI is InChI=1S/C11H17ClNO3S2/c1-3-9(4-2)10(8-14)13-18(15,16)11-6-5-7-17(11)12/h5-10,13H,3-4H2,1-2H3/q+1/t10-,17?/m1/s1. The average molecular weight is 311 g/mol. The van der Waals surface area contributed by atoms with E-state index in [4.69, 9.17) is 10.7 Å². The highest BCUT2D eigenvalue weighted by atomic mass is 35.7. The molecule has 0 saturated heterocycles. The van der Waals surface area contributed by atoms with Crippen LogP contribution in [0, 0.1) is 5.92 Å². The van der Waals surface area contributed by atoms with Gasteiger partial charge in [0.1, 0.15) is 16.0 Å². The number of nitrogens with one attached hydrogen (secondary N) is 1. The van der Waals surface area contributed by atoms with E-state index in [1.54, 1.807) is 11.4 Å². The van der Waals surface area contributed by atoms with Gasteiger partial charge in [0.2, 0.25) is 10.7 Å². The highest BCUT2D eigenvalue weighted by Gasteiger charge is 2.31. The molecule has 0 amide bonds. The fourth-order valence-corrected chi connectivity index (χ4v) is 5.55.